The number of fused-ring (bicyclic) bond motifs is 2. The van der Waals surface area contributed by atoms with Gasteiger partial charge < -0.3 is 15.1 Å². The van der Waals surface area contributed by atoms with Crippen molar-refractivity contribution in [2.45, 2.75) is 57.2 Å². The van der Waals surface area contributed by atoms with Gasteiger partial charge in [-0.25, -0.2) is 0 Å². The zero-order chi connectivity index (χ0) is 25.0. The lowest BCUT2D eigenvalue weighted by Crippen LogP contribution is -2.59. The number of amides is 1. The molecule has 1 amide bonds. The molecule has 2 aromatic carbocycles. The second-order valence-electron chi connectivity index (χ2n) is 10.6. The standard InChI is InChI=1S/C29H41ClN4O/c1-5-34-17-14-24-8-6-7-9-26(24)29(34)15-18-33(19-16-29)28(35)27(31-22(2)21-32(3)4)20-23-10-12-25(30)13-11-23/h6-13,22,27,31H,5,14-21H2,1-4H3/t22?,27-/m1/s1. The Morgan fingerprint density at radius 2 is 1.77 bits per heavy atom. The number of benzene rings is 2. The van der Waals surface area contributed by atoms with E-state index in [-0.39, 0.29) is 23.5 Å². The average molecular weight is 497 g/mol. The normalized spacial score (nSPS) is 19.5. The average Bonchev–Trinajstić information content (AvgIpc) is 2.85. The maximum absolute atomic E-state index is 13.9. The molecule has 0 radical (unpaired) electrons. The van der Waals surface area contributed by atoms with E-state index in [1.165, 1.54) is 11.1 Å². The first kappa shape index (κ1) is 26.2. The van der Waals surface area contributed by atoms with Crippen molar-refractivity contribution in [2.24, 2.45) is 0 Å². The summed E-state index contributed by atoms with van der Waals surface area (Å²) in [7, 11) is 4.14. The van der Waals surface area contributed by atoms with Crippen LogP contribution in [0.2, 0.25) is 5.02 Å². The summed E-state index contributed by atoms with van der Waals surface area (Å²) in [6, 6.07) is 16.8. The van der Waals surface area contributed by atoms with Crippen molar-refractivity contribution in [3.63, 3.8) is 0 Å². The van der Waals surface area contributed by atoms with E-state index in [2.05, 4.69) is 72.2 Å². The summed E-state index contributed by atoms with van der Waals surface area (Å²) < 4.78 is 0. The van der Waals surface area contributed by atoms with E-state index < -0.39 is 0 Å². The van der Waals surface area contributed by atoms with Crippen molar-refractivity contribution >= 4 is 17.5 Å². The summed E-state index contributed by atoms with van der Waals surface area (Å²) >= 11 is 6.10. The predicted molar refractivity (Wildman–Crippen MR) is 145 cm³/mol. The fourth-order valence-corrected chi connectivity index (χ4v) is 6.34. The van der Waals surface area contributed by atoms with E-state index in [0.29, 0.717) is 6.42 Å². The van der Waals surface area contributed by atoms with Crippen LogP contribution >= 0.6 is 11.6 Å². The van der Waals surface area contributed by atoms with E-state index in [1.807, 2.05) is 24.3 Å². The number of nitrogens with zero attached hydrogens (tertiary/aromatic N) is 3. The summed E-state index contributed by atoms with van der Waals surface area (Å²) in [4.78, 5) is 20.8. The van der Waals surface area contributed by atoms with Gasteiger partial charge in [0.1, 0.15) is 0 Å². The molecule has 0 aliphatic carbocycles. The molecule has 1 fully saturated rings. The molecule has 1 N–H and O–H groups in total. The Kier molecular flexibility index (Phi) is 8.54. The molecule has 5 nitrogen and oxygen atoms in total. The van der Waals surface area contributed by atoms with Gasteiger partial charge in [-0.15, -0.1) is 0 Å². The van der Waals surface area contributed by atoms with Gasteiger partial charge in [-0.05, 0) is 82.1 Å². The van der Waals surface area contributed by atoms with Gasteiger partial charge in [0.15, 0.2) is 0 Å². The number of halogens is 1. The van der Waals surface area contributed by atoms with Gasteiger partial charge in [-0.3, -0.25) is 9.69 Å². The molecule has 1 unspecified atom stereocenters. The van der Waals surface area contributed by atoms with Crippen LogP contribution in [0.1, 0.15) is 43.4 Å². The number of hydrogen-bond acceptors (Lipinski definition) is 4. The zero-order valence-corrected chi connectivity index (χ0v) is 22.5. The molecule has 1 saturated heterocycles. The van der Waals surface area contributed by atoms with Crippen LogP contribution in [0, 0.1) is 0 Å². The monoisotopic (exact) mass is 496 g/mol. The molecule has 35 heavy (non-hydrogen) atoms. The van der Waals surface area contributed by atoms with Crippen molar-refractivity contribution in [1.82, 2.24) is 20.0 Å². The first-order valence-corrected chi connectivity index (χ1v) is 13.5. The molecule has 0 saturated carbocycles. The second-order valence-corrected chi connectivity index (χ2v) is 11.0. The van der Waals surface area contributed by atoms with Crippen LogP contribution in [-0.4, -0.2) is 79.5 Å². The number of rotatable bonds is 8. The number of likely N-dealkylation sites (tertiary alicyclic amines) is 1. The maximum Gasteiger partial charge on any atom is 0.240 e. The SMILES string of the molecule is CCN1CCc2ccccc2C12CCN(C(=O)[C@@H](Cc1ccc(Cl)cc1)NC(C)CN(C)C)CC2. The van der Waals surface area contributed by atoms with Crippen LogP contribution in [0.25, 0.3) is 0 Å². The lowest BCUT2D eigenvalue weighted by molar-refractivity contribution is -0.137. The van der Waals surface area contributed by atoms with E-state index in [4.69, 9.17) is 11.6 Å². The molecule has 2 heterocycles. The van der Waals surface area contributed by atoms with Crippen LogP contribution in [0.3, 0.4) is 0 Å². The van der Waals surface area contributed by atoms with Crippen LogP contribution in [0.15, 0.2) is 48.5 Å². The molecule has 0 bridgehead atoms. The highest BCUT2D eigenvalue weighted by Crippen LogP contribution is 2.43. The third kappa shape index (κ3) is 5.91. The van der Waals surface area contributed by atoms with Crippen LogP contribution in [0.5, 0.6) is 0 Å². The number of hydrogen-bond donors (Lipinski definition) is 1. The summed E-state index contributed by atoms with van der Waals surface area (Å²) in [5, 5.41) is 4.36. The highest BCUT2D eigenvalue weighted by atomic mass is 35.5. The molecule has 0 aromatic heterocycles. The van der Waals surface area contributed by atoms with Gasteiger partial charge in [0.25, 0.3) is 0 Å². The number of piperidine rings is 1. The maximum atomic E-state index is 13.9. The Morgan fingerprint density at radius 1 is 1.09 bits per heavy atom. The minimum absolute atomic E-state index is 0.0533. The third-order valence-corrected chi connectivity index (χ3v) is 8.09. The van der Waals surface area contributed by atoms with Gasteiger partial charge >= 0.3 is 0 Å². The van der Waals surface area contributed by atoms with Crippen LogP contribution in [0.4, 0.5) is 0 Å². The molecule has 2 aliphatic rings. The van der Waals surface area contributed by atoms with Crippen molar-refractivity contribution in [1.29, 1.82) is 0 Å². The van der Waals surface area contributed by atoms with Gasteiger partial charge in [0, 0.05) is 42.8 Å². The number of carbonyl (C=O) groups excluding carboxylic acids is 1. The van der Waals surface area contributed by atoms with Crippen molar-refractivity contribution < 1.29 is 4.79 Å². The van der Waals surface area contributed by atoms with Crippen molar-refractivity contribution in [2.75, 3.05) is 46.8 Å². The van der Waals surface area contributed by atoms with Crippen LogP contribution < -0.4 is 5.32 Å². The Morgan fingerprint density at radius 3 is 2.43 bits per heavy atom. The molecule has 6 heteroatoms. The smallest absolute Gasteiger partial charge is 0.240 e. The van der Waals surface area contributed by atoms with E-state index in [9.17, 15) is 4.79 Å². The fraction of sp³-hybridized carbons (Fsp3) is 0.552. The fourth-order valence-electron chi connectivity index (χ4n) is 6.21. The number of carbonyl (C=O) groups is 1. The molecule has 2 atom stereocenters. The summed E-state index contributed by atoms with van der Waals surface area (Å²) in [5.74, 6) is 0.215. The van der Waals surface area contributed by atoms with Crippen molar-refractivity contribution in [3.05, 3.63) is 70.2 Å². The quantitative estimate of drug-likeness (QED) is 0.595. The van der Waals surface area contributed by atoms with Crippen LogP contribution in [-0.2, 0) is 23.2 Å². The Bertz CT molecular complexity index is 984. The topological polar surface area (TPSA) is 38.8 Å². The molecule has 2 aromatic rings. The Labute approximate surface area is 216 Å². The van der Waals surface area contributed by atoms with Gasteiger partial charge in [-0.1, -0.05) is 54.9 Å². The van der Waals surface area contributed by atoms with Gasteiger partial charge in [-0.2, -0.15) is 0 Å². The lowest BCUT2D eigenvalue weighted by Gasteiger charge is -2.52. The summed E-state index contributed by atoms with van der Waals surface area (Å²) in [6.45, 7) is 9.05. The van der Waals surface area contributed by atoms with Gasteiger partial charge in [0.2, 0.25) is 5.91 Å². The van der Waals surface area contributed by atoms with Gasteiger partial charge in [0.05, 0.1) is 6.04 Å². The molecular formula is C29H41ClN4O. The highest BCUT2D eigenvalue weighted by molar-refractivity contribution is 6.30. The second kappa shape index (κ2) is 11.4. The Hall–Kier alpha value is -1.92. The molecule has 4 rings (SSSR count). The minimum Gasteiger partial charge on any atom is -0.341 e. The van der Waals surface area contributed by atoms with Crippen molar-refractivity contribution in [3.8, 4) is 0 Å². The lowest BCUT2D eigenvalue weighted by atomic mass is 9.74. The Balaban J connectivity index is 1.51. The molecule has 1 spiro atoms. The largest absolute Gasteiger partial charge is 0.341 e. The summed E-state index contributed by atoms with van der Waals surface area (Å²) in [6.07, 6.45) is 3.76. The van der Waals surface area contributed by atoms with E-state index in [0.717, 1.165) is 62.6 Å². The highest BCUT2D eigenvalue weighted by Gasteiger charge is 2.45. The first-order valence-electron chi connectivity index (χ1n) is 13.1. The molecular weight excluding hydrogens is 456 g/mol. The molecule has 2 aliphatic heterocycles. The van der Waals surface area contributed by atoms with E-state index in [1.54, 1.807) is 0 Å². The van der Waals surface area contributed by atoms with E-state index >= 15 is 0 Å². The summed E-state index contributed by atoms with van der Waals surface area (Å²) in [5.41, 5.74) is 4.15. The predicted octanol–water partition coefficient (Wildman–Crippen LogP) is 4.19. The number of likely N-dealkylation sites (N-methyl/N-ethyl adjacent to an activating group) is 2. The number of nitrogens with one attached hydrogen (secondary N) is 1. The molecule has 190 valence electrons. The minimum atomic E-state index is -0.249. The zero-order valence-electron chi connectivity index (χ0n) is 21.8. The first-order chi connectivity index (χ1) is 16.8. The third-order valence-electron chi connectivity index (χ3n) is 7.83.